The molecule has 0 spiro atoms. The number of benzene rings is 2. The molecule has 0 bridgehead atoms. The zero-order valence-electron chi connectivity index (χ0n) is 15.5. The van der Waals surface area contributed by atoms with Gasteiger partial charge in [-0.1, -0.05) is 0 Å². The molecule has 0 radical (unpaired) electrons. The highest BCUT2D eigenvalue weighted by molar-refractivity contribution is 7.80. The molecular formula is C20H24N2O3S. The van der Waals surface area contributed by atoms with Crippen molar-refractivity contribution >= 4 is 23.0 Å². The number of anilines is 1. The summed E-state index contributed by atoms with van der Waals surface area (Å²) in [6, 6.07) is 13.6. The van der Waals surface area contributed by atoms with Crippen LogP contribution < -0.4 is 24.8 Å². The van der Waals surface area contributed by atoms with Crippen molar-refractivity contribution < 1.29 is 14.2 Å². The fourth-order valence-electron chi connectivity index (χ4n) is 3.09. The molecule has 1 heterocycles. The van der Waals surface area contributed by atoms with E-state index in [2.05, 4.69) is 24.5 Å². The topological polar surface area (TPSA) is 51.8 Å². The maximum atomic E-state index is 6.12. The Kier molecular flexibility index (Phi) is 5.23. The van der Waals surface area contributed by atoms with Gasteiger partial charge in [0.2, 0.25) is 0 Å². The molecule has 1 aliphatic heterocycles. The minimum Gasteiger partial charge on any atom is -0.497 e. The lowest BCUT2D eigenvalue weighted by Gasteiger charge is -2.38. The second-order valence-corrected chi connectivity index (χ2v) is 7.26. The van der Waals surface area contributed by atoms with E-state index in [9.17, 15) is 0 Å². The number of rotatable bonds is 4. The number of thiocarbonyl (C=S) groups is 1. The SMILES string of the molecule is COc1ccc(NC(=S)N[C@@H]2CC(C)(C)Oc3cc(OC)ccc32)cc1. The molecule has 0 fully saturated rings. The van der Waals surface area contributed by atoms with E-state index in [0.29, 0.717) is 5.11 Å². The van der Waals surface area contributed by atoms with Crippen molar-refractivity contribution in [2.45, 2.75) is 31.9 Å². The third kappa shape index (κ3) is 4.19. The standard InChI is InChI=1S/C20H24N2O3S/c1-20(2)12-17(16-10-9-15(24-4)11-18(16)25-20)22-19(26)21-13-5-7-14(23-3)8-6-13/h5-11,17H,12H2,1-4H3,(H2,21,22,26)/t17-/m1/s1. The van der Waals surface area contributed by atoms with Gasteiger partial charge in [-0.2, -0.15) is 0 Å². The molecule has 1 aliphatic rings. The van der Waals surface area contributed by atoms with E-state index >= 15 is 0 Å². The monoisotopic (exact) mass is 372 g/mol. The maximum absolute atomic E-state index is 6.12. The molecule has 0 saturated heterocycles. The highest BCUT2D eigenvalue weighted by atomic mass is 32.1. The molecule has 2 N–H and O–H groups in total. The van der Waals surface area contributed by atoms with Gasteiger partial charge in [0.15, 0.2) is 5.11 Å². The fourth-order valence-corrected chi connectivity index (χ4v) is 3.35. The van der Waals surface area contributed by atoms with Crippen LogP contribution in [0.4, 0.5) is 5.69 Å². The van der Waals surface area contributed by atoms with Gasteiger partial charge in [-0.25, -0.2) is 0 Å². The summed E-state index contributed by atoms with van der Waals surface area (Å²) in [5, 5.41) is 7.20. The van der Waals surface area contributed by atoms with Gasteiger partial charge in [0, 0.05) is 23.7 Å². The van der Waals surface area contributed by atoms with Gasteiger partial charge in [0.25, 0.3) is 0 Å². The van der Waals surface area contributed by atoms with Gasteiger partial charge < -0.3 is 24.8 Å². The smallest absolute Gasteiger partial charge is 0.171 e. The molecule has 138 valence electrons. The van der Waals surface area contributed by atoms with Crippen LogP contribution in [0.25, 0.3) is 0 Å². The minimum absolute atomic E-state index is 0.0536. The van der Waals surface area contributed by atoms with Crippen LogP contribution in [0, 0.1) is 0 Å². The number of nitrogens with one attached hydrogen (secondary N) is 2. The van der Waals surface area contributed by atoms with Crippen molar-refractivity contribution in [2.24, 2.45) is 0 Å². The largest absolute Gasteiger partial charge is 0.497 e. The Labute approximate surface area is 159 Å². The summed E-state index contributed by atoms with van der Waals surface area (Å²) in [5.41, 5.74) is 1.68. The molecular weight excluding hydrogens is 348 g/mol. The summed E-state index contributed by atoms with van der Waals surface area (Å²) >= 11 is 5.51. The van der Waals surface area contributed by atoms with E-state index in [-0.39, 0.29) is 11.6 Å². The number of hydrogen-bond donors (Lipinski definition) is 2. The number of ether oxygens (including phenoxy) is 3. The minimum atomic E-state index is -0.299. The van der Waals surface area contributed by atoms with Crippen molar-refractivity contribution in [3.63, 3.8) is 0 Å². The van der Waals surface area contributed by atoms with Crippen molar-refractivity contribution in [3.8, 4) is 17.2 Å². The highest BCUT2D eigenvalue weighted by Gasteiger charge is 2.34. The summed E-state index contributed by atoms with van der Waals surface area (Å²) in [4.78, 5) is 0. The summed E-state index contributed by atoms with van der Waals surface area (Å²) in [6.45, 7) is 4.15. The van der Waals surface area contributed by atoms with Crippen LogP contribution in [0.1, 0.15) is 31.9 Å². The third-order valence-corrected chi connectivity index (χ3v) is 4.55. The van der Waals surface area contributed by atoms with Crippen LogP contribution in [0.5, 0.6) is 17.2 Å². The highest BCUT2D eigenvalue weighted by Crippen LogP contribution is 2.41. The van der Waals surface area contributed by atoms with E-state index < -0.39 is 0 Å². The first-order valence-electron chi connectivity index (χ1n) is 8.49. The average molecular weight is 372 g/mol. The summed E-state index contributed by atoms with van der Waals surface area (Å²) < 4.78 is 16.6. The van der Waals surface area contributed by atoms with E-state index in [1.807, 2.05) is 42.5 Å². The zero-order valence-corrected chi connectivity index (χ0v) is 16.3. The van der Waals surface area contributed by atoms with Crippen LogP contribution in [0.15, 0.2) is 42.5 Å². The number of hydrogen-bond acceptors (Lipinski definition) is 4. The lowest BCUT2D eigenvalue weighted by atomic mass is 9.89. The predicted molar refractivity (Wildman–Crippen MR) is 107 cm³/mol. The van der Waals surface area contributed by atoms with Gasteiger partial charge in [-0.15, -0.1) is 0 Å². The number of fused-ring (bicyclic) bond motifs is 1. The van der Waals surface area contributed by atoms with Gasteiger partial charge in [-0.3, -0.25) is 0 Å². The molecule has 2 aromatic rings. The van der Waals surface area contributed by atoms with Gasteiger partial charge in [0.05, 0.1) is 20.3 Å². The molecule has 26 heavy (non-hydrogen) atoms. The maximum Gasteiger partial charge on any atom is 0.171 e. The molecule has 0 saturated carbocycles. The Morgan fingerprint density at radius 1 is 1.08 bits per heavy atom. The molecule has 0 unspecified atom stereocenters. The Morgan fingerprint density at radius 3 is 2.38 bits per heavy atom. The second-order valence-electron chi connectivity index (χ2n) is 6.85. The first-order chi connectivity index (χ1) is 12.4. The summed E-state index contributed by atoms with van der Waals surface area (Å²) in [6.07, 6.45) is 0.802. The predicted octanol–water partition coefficient (Wildman–Crippen LogP) is 4.29. The van der Waals surface area contributed by atoms with Crippen LogP contribution in [-0.4, -0.2) is 24.9 Å². The Hall–Kier alpha value is -2.47. The van der Waals surface area contributed by atoms with Crippen LogP contribution in [-0.2, 0) is 0 Å². The third-order valence-electron chi connectivity index (χ3n) is 4.33. The molecule has 3 rings (SSSR count). The van der Waals surface area contributed by atoms with Crippen LogP contribution in [0.3, 0.4) is 0 Å². The van der Waals surface area contributed by atoms with E-state index in [1.54, 1.807) is 14.2 Å². The Morgan fingerprint density at radius 2 is 1.73 bits per heavy atom. The van der Waals surface area contributed by atoms with Crippen LogP contribution in [0.2, 0.25) is 0 Å². The second kappa shape index (κ2) is 7.41. The lowest BCUT2D eigenvalue weighted by Crippen LogP contribution is -2.42. The first kappa shape index (κ1) is 18.3. The molecule has 1 atom stereocenters. The zero-order chi connectivity index (χ0) is 18.7. The van der Waals surface area contributed by atoms with E-state index in [1.165, 1.54) is 0 Å². The normalized spacial score (nSPS) is 17.5. The van der Waals surface area contributed by atoms with Crippen molar-refractivity contribution in [1.82, 2.24) is 5.32 Å². The molecule has 2 aromatic carbocycles. The average Bonchev–Trinajstić information content (AvgIpc) is 2.60. The number of methoxy groups -OCH3 is 2. The molecule has 6 heteroatoms. The fraction of sp³-hybridized carbons (Fsp3) is 0.350. The quantitative estimate of drug-likeness (QED) is 0.781. The molecule has 0 aliphatic carbocycles. The van der Waals surface area contributed by atoms with Crippen molar-refractivity contribution in [3.05, 3.63) is 48.0 Å². The summed E-state index contributed by atoms with van der Waals surface area (Å²) in [5.74, 6) is 2.41. The molecule has 5 nitrogen and oxygen atoms in total. The first-order valence-corrected chi connectivity index (χ1v) is 8.89. The van der Waals surface area contributed by atoms with Gasteiger partial charge in [0.1, 0.15) is 22.8 Å². The van der Waals surface area contributed by atoms with E-state index in [4.69, 9.17) is 26.4 Å². The molecule has 0 amide bonds. The Bertz CT molecular complexity index is 790. The van der Waals surface area contributed by atoms with Crippen molar-refractivity contribution in [1.29, 1.82) is 0 Å². The van der Waals surface area contributed by atoms with Crippen LogP contribution >= 0.6 is 12.2 Å². The lowest BCUT2D eigenvalue weighted by molar-refractivity contribution is 0.0693. The van der Waals surface area contributed by atoms with Gasteiger partial charge >= 0.3 is 0 Å². The molecule has 0 aromatic heterocycles. The Balaban J connectivity index is 1.75. The summed E-state index contributed by atoms with van der Waals surface area (Å²) in [7, 11) is 3.30. The van der Waals surface area contributed by atoms with E-state index in [0.717, 1.165) is 34.9 Å². The van der Waals surface area contributed by atoms with Crippen molar-refractivity contribution in [2.75, 3.05) is 19.5 Å². The van der Waals surface area contributed by atoms with Gasteiger partial charge in [-0.05, 0) is 62.5 Å².